The van der Waals surface area contributed by atoms with Crippen molar-refractivity contribution in [3.8, 4) is 5.69 Å². The lowest BCUT2D eigenvalue weighted by molar-refractivity contribution is 0.780. The number of hydrogen-bond acceptors (Lipinski definition) is 2. The minimum absolute atomic E-state index is 0.354. The Morgan fingerprint density at radius 2 is 1.21 bits per heavy atom. The molecule has 29 heavy (non-hydrogen) atoms. The molecule has 0 saturated carbocycles. The van der Waals surface area contributed by atoms with E-state index in [0.29, 0.717) is 0 Å². The van der Waals surface area contributed by atoms with Crippen molar-refractivity contribution in [2.24, 2.45) is 10.7 Å². The van der Waals surface area contributed by atoms with E-state index in [1.54, 1.807) is 0 Å². The van der Waals surface area contributed by atoms with Crippen LogP contribution in [0.1, 0.15) is 17.3 Å². The number of aliphatic imine (C=N–C) groups is 1. The van der Waals surface area contributed by atoms with Crippen LogP contribution in [-0.4, -0.2) is 10.8 Å². The van der Waals surface area contributed by atoms with E-state index in [2.05, 4.69) is 82.4 Å². The first-order valence-corrected chi connectivity index (χ1v) is 9.73. The fourth-order valence-electron chi connectivity index (χ4n) is 3.81. The molecule has 1 heterocycles. The highest BCUT2D eigenvalue weighted by atomic mass is 15.0. The second-order valence-corrected chi connectivity index (χ2v) is 7.09. The first-order chi connectivity index (χ1) is 14.3. The molecule has 1 unspecified atom stereocenters. The van der Waals surface area contributed by atoms with Crippen LogP contribution < -0.4 is 5.73 Å². The first-order valence-electron chi connectivity index (χ1n) is 9.73. The van der Waals surface area contributed by atoms with Crippen molar-refractivity contribution in [1.29, 1.82) is 0 Å². The maximum Gasteiger partial charge on any atom is 0.123 e. The van der Waals surface area contributed by atoms with Gasteiger partial charge in [0.25, 0.3) is 0 Å². The quantitative estimate of drug-likeness (QED) is 0.393. The lowest BCUT2D eigenvalue weighted by Crippen LogP contribution is -2.07. The molecular formula is C26H21N3. The number of nitrogens with two attached hydrogens (primary N) is 1. The number of rotatable bonds is 4. The first kappa shape index (κ1) is 17.4. The SMILES string of the molecule is NC(N=Cc1ccc(-n2c3ccccc3c3ccccc32)cc1)c1ccccc1. The Morgan fingerprint density at radius 3 is 1.83 bits per heavy atom. The van der Waals surface area contributed by atoms with Crippen LogP contribution in [0.3, 0.4) is 0 Å². The summed E-state index contributed by atoms with van der Waals surface area (Å²) >= 11 is 0. The molecule has 0 aliphatic rings. The van der Waals surface area contributed by atoms with Crippen molar-refractivity contribution in [2.75, 3.05) is 0 Å². The number of hydrogen-bond donors (Lipinski definition) is 1. The second-order valence-electron chi connectivity index (χ2n) is 7.09. The molecule has 5 aromatic rings. The van der Waals surface area contributed by atoms with Crippen LogP contribution in [0.25, 0.3) is 27.5 Å². The molecule has 4 aromatic carbocycles. The number of aromatic nitrogens is 1. The molecule has 1 aromatic heterocycles. The van der Waals surface area contributed by atoms with Gasteiger partial charge in [-0.1, -0.05) is 78.9 Å². The number of fused-ring (bicyclic) bond motifs is 3. The number of para-hydroxylation sites is 2. The predicted octanol–water partition coefficient (Wildman–Crippen LogP) is 5.86. The maximum atomic E-state index is 6.17. The van der Waals surface area contributed by atoms with Crippen LogP contribution in [0, 0.1) is 0 Å². The molecular weight excluding hydrogens is 354 g/mol. The number of benzene rings is 4. The Bertz CT molecular complexity index is 1250. The Morgan fingerprint density at radius 1 is 0.655 bits per heavy atom. The summed E-state index contributed by atoms with van der Waals surface area (Å²) in [6, 6.07) is 35.4. The fraction of sp³-hybridized carbons (Fsp3) is 0.0385. The third-order valence-electron chi connectivity index (χ3n) is 5.26. The summed E-state index contributed by atoms with van der Waals surface area (Å²) in [6.45, 7) is 0. The highest BCUT2D eigenvalue weighted by molar-refractivity contribution is 6.09. The second kappa shape index (κ2) is 7.38. The van der Waals surface area contributed by atoms with Crippen LogP contribution in [-0.2, 0) is 0 Å². The molecule has 0 saturated heterocycles. The molecule has 1 atom stereocenters. The van der Waals surface area contributed by atoms with E-state index in [9.17, 15) is 0 Å². The third-order valence-corrected chi connectivity index (χ3v) is 5.26. The lowest BCUT2D eigenvalue weighted by atomic mass is 10.2. The Labute approximate surface area is 169 Å². The summed E-state index contributed by atoms with van der Waals surface area (Å²) in [5.74, 6) is 0. The van der Waals surface area contributed by atoms with E-state index in [1.165, 1.54) is 21.8 Å². The van der Waals surface area contributed by atoms with Gasteiger partial charge in [0.05, 0.1) is 11.0 Å². The predicted molar refractivity (Wildman–Crippen MR) is 122 cm³/mol. The zero-order valence-electron chi connectivity index (χ0n) is 15.9. The lowest BCUT2D eigenvalue weighted by Gasteiger charge is -2.09. The van der Waals surface area contributed by atoms with Crippen molar-refractivity contribution in [1.82, 2.24) is 4.57 Å². The normalized spacial score (nSPS) is 12.7. The van der Waals surface area contributed by atoms with Gasteiger partial charge in [-0.15, -0.1) is 0 Å². The van der Waals surface area contributed by atoms with E-state index in [-0.39, 0.29) is 6.17 Å². The standard InChI is InChI=1S/C26H21N3/c27-26(20-8-2-1-3-9-20)28-18-19-14-16-21(17-15-19)29-24-12-6-4-10-22(24)23-11-5-7-13-25(23)29/h1-18,26H,27H2. The van der Waals surface area contributed by atoms with Gasteiger partial charge in [-0.3, -0.25) is 4.99 Å². The molecule has 0 radical (unpaired) electrons. The monoisotopic (exact) mass is 375 g/mol. The number of nitrogens with zero attached hydrogens (tertiary/aromatic N) is 2. The van der Waals surface area contributed by atoms with Gasteiger partial charge in [-0.05, 0) is 35.4 Å². The van der Waals surface area contributed by atoms with Gasteiger partial charge in [0.1, 0.15) is 6.17 Å². The topological polar surface area (TPSA) is 43.3 Å². The van der Waals surface area contributed by atoms with E-state index in [0.717, 1.165) is 16.8 Å². The minimum atomic E-state index is -0.354. The molecule has 5 rings (SSSR count). The van der Waals surface area contributed by atoms with Gasteiger partial charge >= 0.3 is 0 Å². The molecule has 0 spiro atoms. The van der Waals surface area contributed by atoms with Gasteiger partial charge in [0.15, 0.2) is 0 Å². The van der Waals surface area contributed by atoms with Gasteiger partial charge in [-0.2, -0.15) is 0 Å². The van der Waals surface area contributed by atoms with Crippen LogP contribution >= 0.6 is 0 Å². The smallest absolute Gasteiger partial charge is 0.123 e. The highest BCUT2D eigenvalue weighted by Crippen LogP contribution is 2.31. The van der Waals surface area contributed by atoms with E-state index in [1.807, 2.05) is 36.5 Å². The van der Waals surface area contributed by atoms with Crippen molar-refractivity contribution in [2.45, 2.75) is 6.17 Å². The molecule has 0 aliphatic heterocycles. The van der Waals surface area contributed by atoms with Crippen molar-refractivity contribution in [3.05, 3.63) is 114 Å². The summed E-state index contributed by atoms with van der Waals surface area (Å²) < 4.78 is 2.31. The summed E-state index contributed by atoms with van der Waals surface area (Å²) in [5, 5.41) is 2.53. The van der Waals surface area contributed by atoms with Gasteiger partial charge in [0.2, 0.25) is 0 Å². The fourth-order valence-corrected chi connectivity index (χ4v) is 3.81. The van der Waals surface area contributed by atoms with E-state index >= 15 is 0 Å². The highest BCUT2D eigenvalue weighted by Gasteiger charge is 2.10. The van der Waals surface area contributed by atoms with Crippen LogP contribution in [0.5, 0.6) is 0 Å². The van der Waals surface area contributed by atoms with E-state index < -0.39 is 0 Å². The summed E-state index contributed by atoms with van der Waals surface area (Å²) in [5.41, 5.74) is 11.8. The van der Waals surface area contributed by atoms with Crippen molar-refractivity contribution >= 4 is 28.0 Å². The molecule has 2 N–H and O–H groups in total. The average molecular weight is 375 g/mol. The van der Waals surface area contributed by atoms with Gasteiger partial charge < -0.3 is 10.3 Å². The Kier molecular flexibility index (Phi) is 4.43. The van der Waals surface area contributed by atoms with Crippen LogP contribution in [0.15, 0.2) is 108 Å². The molecule has 0 fully saturated rings. The van der Waals surface area contributed by atoms with Crippen LogP contribution in [0.2, 0.25) is 0 Å². The molecule has 0 aliphatic carbocycles. The Hall–Kier alpha value is -3.69. The van der Waals surface area contributed by atoms with Crippen molar-refractivity contribution in [3.63, 3.8) is 0 Å². The zero-order valence-corrected chi connectivity index (χ0v) is 15.9. The minimum Gasteiger partial charge on any atom is -0.309 e. The van der Waals surface area contributed by atoms with E-state index in [4.69, 9.17) is 5.73 Å². The zero-order chi connectivity index (χ0) is 19.6. The third kappa shape index (κ3) is 3.22. The summed E-state index contributed by atoms with van der Waals surface area (Å²) in [7, 11) is 0. The maximum absolute atomic E-state index is 6.17. The summed E-state index contributed by atoms with van der Waals surface area (Å²) in [4.78, 5) is 4.50. The Balaban J connectivity index is 1.50. The largest absolute Gasteiger partial charge is 0.309 e. The molecule has 0 bridgehead atoms. The molecule has 3 nitrogen and oxygen atoms in total. The van der Waals surface area contributed by atoms with Gasteiger partial charge in [0, 0.05) is 22.7 Å². The molecule has 3 heteroatoms. The van der Waals surface area contributed by atoms with Gasteiger partial charge in [-0.25, -0.2) is 0 Å². The molecule has 140 valence electrons. The summed E-state index contributed by atoms with van der Waals surface area (Å²) in [6.07, 6.45) is 1.49. The average Bonchev–Trinajstić information content (AvgIpc) is 3.13. The van der Waals surface area contributed by atoms with Crippen molar-refractivity contribution < 1.29 is 0 Å². The molecule has 0 amide bonds. The van der Waals surface area contributed by atoms with Crippen LogP contribution in [0.4, 0.5) is 0 Å².